The number of carbonyl (C=O) groups excluding carboxylic acids is 1. The summed E-state index contributed by atoms with van der Waals surface area (Å²) in [5, 5.41) is 0.585. The maximum absolute atomic E-state index is 13.0. The average Bonchev–Trinajstić information content (AvgIpc) is 3.33. The van der Waals surface area contributed by atoms with Crippen LogP contribution in [0.25, 0.3) is 10.9 Å². The highest BCUT2D eigenvalue weighted by Gasteiger charge is 2.25. The zero-order valence-corrected chi connectivity index (χ0v) is 18.9. The van der Waals surface area contributed by atoms with Gasteiger partial charge in [0.1, 0.15) is 0 Å². The molecule has 3 aromatic rings. The van der Waals surface area contributed by atoms with Crippen LogP contribution in [0.2, 0.25) is 0 Å². The highest BCUT2D eigenvalue weighted by molar-refractivity contribution is 5.94. The Labute approximate surface area is 192 Å². The van der Waals surface area contributed by atoms with Gasteiger partial charge in [-0.3, -0.25) is 14.6 Å². The van der Waals surface area contributed by atoms with Gasteiger partial charge in [0.15, 0.2) is 0 Å². The predicted molar refractivity (Wildman–Crippen MR) is 129 cm³/mol. The monoisotopic (exact) mass is 447 g/mol. The predicted octanol–water partition coefficient (Wildman–Crippen LogP) is 2.36. The molecule has 172 valence electrons. The van der Waals surface area contributed by atoms with Gasteiger partial charge in [-0.2, -0.15) is 0 Å². The van der Waals surface area contributed by atoms with Crippen LogP contribution in [0.15, 0.2) is 53.3 Å². The molecule has 1 aromatic heterocycles. The number of hydrogen-bond donors (Lipinski definition) is 1. The molecule has 2 fully saturated rings. The number of benzene rings is 2. The fraction of sp³-hybridized carbons (Fsp3) is 0.400. The molecule has 2 aliphatic heterocycles. The number of para-hydroxylation sites is 1. The van der Waals surface area contributed by atoms with Gasteiger partial charge in [0.2, 0.25) is 5.95 Å². The lowest BCUT2D eigenvalue weighted by Crippen LogP contribution is -2.49. The van der Waals surface area contributed by atoms with E-state index in [4.69, 9.17) is 4.74 Å². The summed E-state index contributed by atoms with van der Waals surface area (Å²) in [6.07, 6.45) is 1.14. The van der Waals surface area contributed by atoms with E-state index in [-0.39, 0.29) is 11.5 Å². The van der Waals surface area contributed by atoms with Gasteiger partial charge in [0.25, 0.3) is 11.5 Å². The molecule has 0 radical (unpaired) electrons. The second-order valence-electron chi connectivity index (χ2n) is 8.79. The molecule has 0 spiro atoms. The molecule has 2 aliphatic rings. The summed E-state index contributed by atoms with van der Waals surface area (Å²) in [6, 6.07) is 15.3. The Bertz CT molecular complexity index is 1180. The summed E-state index contributed by atoms with van der Waals surface area (Å²) in [5.41, 5.74) is 2.40. The molecule has 1 N–H and O–H groups in total. The number of nitrogens with one attached hydrogen (secondary N) is 1. The van der Waals surface area contributed by atoms with Crippen LogP contribution in [0.4, 0.5) is 11.6 Å². The lowest BCUT2D eigenvalue weighted by molar-refractivity contribution is 0.0746. The van der Waals surface area contributed by atoms with Crippen molar-refractivity contribution in [3.8, 4) is 0 Å². The third-order valence-electron chi connectivity index (χ3n) is 6.63. The van der Waals surface area contributed by atoms with Gasteiger partial charge in [0.05, 0.1) is 17.5 Å². The third kappa shape index (κ3) is 4.43. The molecule has 2 saturated heterocycles. The van der Waals surface area contributed by atoms with Gasteiger partial charge >= 0.3 is 0 Å². The number of carbonyl (C=O) groups is 1. The number of hydrogen-bond acceptors (Lipinski definition) is 6. The standard InChI is InChI=1S/C25H29N5O3/c1-33-17-18-10-11-30(16-18)20-8-6-19(7-9-20)24(32)28-12-14-29(15-13-28)25-26-22-5-3-2-4-21(22)23(31)27-25/h2-9,18H,10-17H2,1H3,(H,26,27,31). The van der Waals surface area contributed by atoms with Crippen molar-refractivity contribution in [1.82, 2.24) is 14.9 Å². The molecule has 3 heterocycles. The van der Waals surface area contributed by atoms with Crippen molar-refractivity contribution in [2.24, 2.45) is 5.92 Å². The van der Waals surface area contributed by atoms with E-state index in [1.807, 2.05) is 52.3 Å². The molecule has 0 aliphatic carbocycles. The highest BCUT2D eigenvalue weighted by Crippen LogP contribution is 2.25. The molecular weight excluding hydrogens is 418 g/mol. The van der Waals surface area contributed by atoms with E-state index in [0.717, 1.165) is 31.8 Å². The van der Waals surface area contributed by atoms with E-state index >= 15 is 0 Å². The van der Waals surface area contributed by atoms with Crippen LogP contribution in [0.3, 0.4) is 0 Å². The minimum absolute atomic E-state index is 0.0415. The topological polar surface area (TPSA) is 81.8 Å². The first-order chi connectivity index (χ1) is 16.1. The molecule has 1 amide bonds. The number of amides is 1. The van der Waals surface area contributed by atoms with Crippen LogP contribution in [0, 0.1) is 5.92 Å². The molecule has 0 saturated carbocycles. The normalized spacial score (nSPS) is 18.8. The number of piperazine rings is 1. The van der Waals surface area contributed by atoms with Crippen molar-refractivity contribution in [2.45, 2.75) is 6.42 Å². The zero-order chi connectivity index (χ0) is 22.8. The Morgan fingerprint density at radius 3 is 2.55 bits per heavy atom. The molecule has 2 aromatic carbocycles. The van der Waals surface area contributed by atoms with Crippen molar-refractivity contribution >= 4 is 28.4 Å². The van der Waals surface area contributed by atoms with E-state index in [9.17, 15) is 9.59 Å². The first kappa shape index (κ1) is 21.5. The lowest BCUT2D eigenvalue weighted by Gasteiger charge is -2.35. The fourth-order valence-electron chi connectivity index (χ4n) is 4.78. The quantitative estimate of drug-likeness (QED) is 0.647. The fourth-order valence-corrected chi connectivity index (χ4v) is 4.78. The van der Waals surface area contributed by atoms with Crippen LogP contribution in [0.1, 0.15) is 16.8 Å². The van der Waals surface area contributed by atoms with E-state index < -0.39 is 0 Å². The second-order valence-corrected chi connectivity index (χ2v) is 8.79. The number of aromatic nitrogens is 2. The molecule has 5 rings (SSSR count). The summed E-state index contributed by atoms with van der Waals surface area (Å²) < 4.78 is 5.29. The molecule has 33 heavy (non-hydrogen) atoms. The first-order valence-electron chi connectivity index (χ1n) is 11.5. The SMILES string of the molecule is COCC1CCN(c2ccc(C(=O)N3CCN(c4nc5ccccc5c(=O)[nH]4)CC3)cc2)C1. The van der Waals surface area contributed by atoms with Gasteiger partial charge in [-0.25, -0.2) is 4.98 Å². The minimum Gasteiger partial charge on any atom is -0.384 e. The van der Waals surface area contributed by atoms with Crippen molar-refractivity contribution in [2.75, 3.05) is 62.8 Å². The summed E-state index contributed by atoms with van der Waals surface area (Å²) in [7, 11) is 1.75. The molecule has 8 nitrogen and oxygen atoms in total. The Hall–Kier alpha value is -3.39. The molecule has 8 heteroatoms. The van der Waals surface area contributed by atoms with Crippen LogP contribution < -0.4 is 15.4 Å². The smallest absolute Gasteiger partial charge is 0.260 e. The van der Waals surface area contributed by atoms with Gasteiger partial charge in [-0.15, -0.1) is 0 Å². The Kier molecular flexibility index (Phi) is 6.00. The van der Waals surface area contributed by atoms with E-state index in [1.54, 1.807) is 13.2 Å². The van der Waals surface area contributed by atoms with Gasteiger partial charge in [-0.05, 0) is 42.8 Å². The zero-order valence-electron chi connectivity index (χ0n) is 18.9. The molecule has 1 atom stereocenters. The van der Waals surface area contributed by atoms with Crippen molar-refractivity contribution < 1.29 is 9.53 Å². The van der Waals surface area contributed by atoms with Crippen molar-refractivity contribution in [3.63, 3.8) is 0 Å². The number of fused-ring (bicyclic) bond motifs is 1. The minimum atomic E-state index is -0.138. The van der Waals surface area contributed by atoms with Crippen molar-refractivity contribution in [3.05, 3.63) is 64.4 Å². The number of H-pyrrole nitrogens is 1. The number of rotatable bonds is 5. The molecular formula is C25H29N5O3. The van der Waals surface area contributed by atoms with Crippen LogP contribution >= 0.6 is 0 Å². The molecule has 1 unspecified atom stereocenters. The summed E-state index contributed by atoms with van der Waals surface area (Å²) in [4.78, 5) is 39.2. The summed E-state index contributed by atoms with van der Waals surface area (Å²) in [6.45, 7) is 5.23. The van der Waals surface area contributed by atoms with Gasteiger partial charge in [0, 0.05) is 63.5 Å². The van der Waals surface area contributed by atoms with E-state index in [0.29, 0.717) is 54.5 Å². The Balaban J connectivity index is 1.21. The Morgan fingerprint density at radius 1 is 1.03 bits per heavy atom. The van der Waals surface area contributed by atoms with Crippen LogP contribution in [-0.2, 0) is 4.74 Å². The average molecular weight is 448 g/mol. The maximum Gasteiger partial charge on any atom is 0.260 e. The highest BCUT2D eigenvalue weighted by atomic mass is 16.5. The number of ether oxygens (including phenoxy) is 1. The summed E-state index contributed by atoms with van der Waals surface area (Å²) >= 11 is 0. The van der Waals surface area contributed by atoms with E-state index in [1.165, 1.54) is 0 Å². The molecule has 0 bridgehead atoms. The maximum atomic E-state index is 13.0. The second kappa shape index (κ2) is 9.23. The number of anilines is 2. The van der Waals surface area contributed by atoms with E-state index in [2.05, 4.69) is 14.9 Å². The van der Waals surface area contributed by atoms with Crippen molar-refractivity contribution in [1.29, 1.82) is 0 Å². The van der Waals surface area contributed by atoms with Gasteiger partial charge in [-0.1, -0.05) is 12.1 Å². The van der Waals surface area contributed by atoms with Crippen LogP contribution in [0.5, 0.6) is 0 Å². The van der Waals surface area contributed by atoms with Gasteiger partial charge < -0.3 is 19.4 Å². The first-order valence-corrected chi connectivity index (χ1v) is 11.5. The number of aromatic amines is 1. The Morgan fingerprint density at radius 2 is 1.79 bits per heavy atom. The lowest BCUT2D eigenvalue weighted by atomic mass is 10.1. The largest absolute Gasteiger partial charge is 0.384 e. The number of methoxy groups -OCH3 is 1. The van der Waals surface area contributed by atoms with Crippen LogP contribution in [-0.4, -0.2) is 73.8 Å². The number of nitrogens with zero attached hydrogens (tertiary/aromatic N) is 4. The third-order valence-corrected chi connectivity index (χ3v) is 6.63. The summed E-state index contributed by atoms with van der Waals surface area (Å²) in [5.74, 6) is 1.17.